The molecule has 0 aliphatic carbocycles. The van der Waals surface area contributed by atoms with Crippen molar-refractivity contribution < 1.29 is 49.0 Å². The highest BCUT2D eigenvalue weighted by Crippen LogP contribution is 2.22. The van der Waals surface area contributed by atoms with Crippen LogP contribution in [0, 0.1) is 0 Å². The van der Waals surface area contributed by atoms with Crippen molar-refractivity contribution in [2.75, 3.05) is 19.8 Å². The Kier molecular flexibility index (Phi) is 36.1. The fourth-order valence-corrected chi connectivity index (χ4v) is 6.38. The van der Waals surface area contributed by atoms with Crippen molar-refractivity contribution in [3.63, 3.8) is 0 Å². The van der Waals surface area contributed by atoms with E-state index < -0.39 is 55.4 Å². The van der Waals surface area contributed by atoms with E-state index in [2.05, 4.69) is 86.8 Å². The van der Waals surface area contributed by atoms with E-state index in [1.165, 1.54) is 44.9 Å². The van der Waals surface area contributed by atoms with Gasteiger partial charge in [0, 0.05) is 12.8 Å². The Hall–Kier alpha value is -2.86. The smallest absolute Gasteiger partial charge is 0.306 e. The Morgan fingerprint density at radius 1 is 0.525 bits per heavy atom. The molecule has 0 radical (unpaired) electrons. The molecule has 6 atom stereocenters. The quantitative estimate of drug-likeness (QED) is 0.0271. The van der Waals surface area contributed by atoms with E-state index in [9.17, 15) is 30.0 Å². The molecule has 1 aliphatic rings. The molecule has 0 aromatic rings. The van der Waals surface area contributed by atoms with Gasteiger partial charge in [-0.15, -0.1) is 0 Å². The summed E-state index contributed by atoms with van der Waals surface area (Å²) < 4.78 is 22.1. The van der Waals surface area contributed by atoms with Crippen LogP contribution < -0.4 is 0 Å². The molecule has 10 heteroatoms. The summed E-state index contributed by atoms with van der Waals surface area (Å²) in [6, 6.07) is 0. The summed E-state index contributed by atoms with van der Waals surface area (Å²) in [6.45, 7) is 3.31. The van der Waals surface area contributed by atoms with E-state index in [4.69, 9.17) is 18.9 Å². The summed E-state index contributed by atoms with van der Waals surface area (Å²) in [5.74, 6) is -0.865. The fourth-order valence-electron chi connectivity index (χ4n) is 6.38. The van der Waals surface area contributed by atoms with E-state index in [-0.39, 0.29) is 26.1 Å². The van der Waals surface area contributed by atoms with Crippen LogP contribution in [-0.4, -0.2) is 89.0 Å². The molecule has 10 nitrogen and oxygen atoms in total. The van der Waals surface area contributed by atoms with Gasteiger partial charge < -0.3 is 39.4 Å². The minimum Gasteiger partial charge on any atom is -0.462 e. The highest BCUT2D eigenvalue weighted by molar-refractivity contribution is 5.70. The number of carbonyl (C=O) groups excluding carboxylic acids is 2. The number of rotatable bonds is 37. The molecular weight excluding hydrogens is 749 g/mol. The molecule has 0 aromatic heterocycles. The highest BCUT2D eigenvalue weighted by atomic mass is 16.7. The molecule has 1 heterocycles. The molecule has 0 bridgehead atoms. The zero-order chi connectivity index (χ0) is 43.0. The molecule has 1 aliphatic heterocycles. The number of unbranched alkanes of at least 4 members (excludes halogenated alkanes) is 14. The Balaban J connectivity index is 2.37. The Morgan fingerprint density at radius 3 is 1.44 bits per heavy atom. The van der Waals surface area contributed by atoms with E-state index in [0.29, 0.717) is 12.8 Å². The van der Waals surface area contributed by atoms with Gasteiger partial charge in [-0.3, -0.25) is 9.59 Å². The molecule has 59 heavy (non-hydrogen) atoms. The molecular formula is C49H82O10. The first-order valence-electron chi connectivity index (χ1n) is 23.0. The average molecular weight is 831 g/mol. The summed E-state index contributed by atoms with van der Waals surface area (Å²) in [6.07, 6.45) is 41.8. The van der Waals surface area contributed by atoms with Gasteiger partial charge in [0.15, 0.2) is 12.4 Å². The largest absolute Gasteiger partial charge is 0.462 e. The third-order valence-corrected chi connectivity index (χ3v) is 10.1. The van der Waals surface area contributed by atoms with Crippen molar-refractivity contribution in [2.45, 2.75) is 205 Å². The van der Waals surface area contributed by atoms with E-state index in [0.717, 1.165) is 83.5 Å². The van der Waals surface area contributed by atoms with E-state index in [1.54, 1.807) is 0 Å². The molecule has 2 unspecified atom stereocenters. The van der Waals surface area contributed by atoms with Gasteiger partial charge in [-0.25, -0.2) is 0 Å². The lowest BCUT2D eigenvalue weighted by atomic mass is 9.99. The predicted molar refractivity (Wildman–Crippen MR) is 238 cm³/mol. The van der Waals surface area contributed by atoms with Gasteiger partial charge in [-0.1, -0.05) is 138 Å². The zero-order valence-corrected chi connectivity index (χ0v) is 36.7. The first kappa shape index (κ1) is 54.2. The maximum Gasteiger partial charge on any atom is 0.306 e. The van der Waals surface area contributed by atoms with E-state index >= 15 is 0 Å². The molecule has 1 fully saturated rings. The van der Waals surface area contributed by atoms with Crippen molar-refractivity contribution in [1.29, 1.82) is 0 Å². The third kappa shape index (κ3) is 30.8. The second kappa shape index (κ2) is 39.3. The van der Waals surface area contributed by atoms with Crippen LogP contribution in [0.25, 0.3) is 0 Å². The van der Waals surface area contributed by atoms with Gasteiger partial charge in [0.05, 0.1) is 13.2 Å². The molecule has 1 saturated heterocycles. The number of ether oxygens (including phenoxy) is 4. The van der Waals surface area contributed by atoms with Crippen LogP contribution in [0.4, 0.5) is 0 Å². The maximum atomic E-state index is 12.8. The number of hydrogen-bond acceptors (Lipinski definition) is 10. The maximum absolute atomic E-state index is 12.8. The molecule has 338 valence electrons. The number of aliphatic hydroxyl groups is 4. The summed E-state index contributed by atoms with van der Waals surface area (Å²) in [5, 5.41) is 40.1. The first-order valence-corrected chi connectivity index (χ1v) is 23.0. The number of aliphatic hydroxyl groups excluding tert-OH is 4. The van der Waals surface area contributed by atoms with Crippen molar-refractivity contribution in [1.82, 2.24) is 0 Å². The van der Waals surface area contributed by atoms with Crippen molar-refractivity contribution >= 4 is 11.9 Å². The summed E-state index contributed by atoms with van der Waals surface area (Å²) in [7, 11) is 0. The monoisotopic (exact) mass is 831 g/mol. The Bertz CT molecular complexity index is 1190. The molecule has 0 amide bonds. The van der Waals surface area contributed by atoms with Gasteiger partial charge in [-0.2, -0.15) is 0 Å². The van der Waals surface area contributed by atoms with Gasteiger partial charge in [0.2, 0.25) is 0 Å². The minimum atomic E-state index is -1.61. The topological polar surface area (TPSA) is 152 Å². The summed E-state index contributed by atoms with van der Waals surface area (Å²) in [5.41, 5.74) is 0. The lowest BCUT2D eigenvalue weighted by Crippen LogP contribution is -2.59. The van der Waals surface area contributed by atoms with Crippen molar-refractivity contribution in [3.8, 4) is 0 Å². The standard InChI is InChI=1S/C49H82O10/c1-3-5-7-9-11-13-15-17-19-20-21-22-24-26-28-30-32-34-36-38-45(52)58-42(41-57-49-48(55)47(54)46(53)43(39-50)59-49)40-56-44(51)37-35-33-31-29-27-25-23-18-16-14-12-10-8-6-4-2/h11-14,17-19,21-23,26,28,42-43,46-50,53-55H,3-10,15-16,20,24-25,27,29-41H2,1-2H3/b13-11+,14-12+,19-17+,22-21+,23-18+,28-26+/t42-,43-,46+,47?,48?,49-/m1/s1. The van der Waals surface area contributed by atoms with Crippen LogP contribution in [0.2, 0.25) is 0 Å². The zero-order valence-electron chi connectivity index (χ0n) is 36.7. The predicted octanol–water partition coefficient (Wildman–Crippen LogP) is 10.00. The number of hydrogen-bond donors (Lipinski definition) is 4. The lowest BCUT2D eigenvalue weighted by Gasteiger charge is -2.39. The second-order valence-electron chi connectivity index (χ2n) is 15.5. The molecule has 0 saturated carbocycles. The van der Waals surface area contributed by atoms with Crippen LogP contribution in [0.15, 0.2) is 72.9 Å². The normalized spacial score (nSPS) is 20.7. The van der Waals surface area contributed by atoms with E-state index in [1.807, 2.05) is 0 Å². The van der Waals surface area contributed by atoms with Crippen LogP contribution in [0.1, 0.15) is 168 Å². The average Bonchev–Trinajstić information content (AvgIpc) is 3.23. The van der Waals surface area contributed by atoms with Crippen LogP contribution in [-0.2, 0) is 28.5 Å². The second-order valence-corrected chi connectivity index (χ2v) is 15.5. The van der Waals surface area contributed by atoms with Crippen molar-refractivity contribution in [2.24, 2.45) is 0 Å². The summed E-state index contributed by atoms with van der Waals surface area (Å²) in [4.78, 5) is 25.3. The van der Waals surface area contributed by atoms with Crippen LogP contribution in [0.5, 0.6) is 0 Å². The highest BCUT2D eigenvalue weighted by Gasteiger charge is 2.44. The van der Waals surface area contributed by atoms with Gasteiger partial charge in [0.1, 0.15) is 31.0 Å². The summed E-state index contributed by atoms with van der Waals surface area (Å²) >= 11 is 0. The number of carbonyl (C=O) groups is 2. The molecule has 0 aromatic carbocycles. The fraction of sp³-hybridized carbons (Fsp3) is 0.714. The number of esters is 2. The van der Waals surface area contributed by atoms with Gasteiger partial charge in [-0.05, 0) is 89.9 Å². The Morgan fingerprint density at radius 2 is 0.949 bits per heavy atom. The lowest BCUT2D eigenvalue weighted by molar-refractivity contribution is -0.305. The molecule has 4 N–H and O–H groups in total. The van der Waals surface area contributed by atoms with Gasteiger partial charge in [0.25, 0.3) is 0 Å². The van der Waals surface area contributed by atoms with Gasteiger partial charge >= 0.3 is 11.9 Å². The van der Waals surface area contributed by atoms with Crippen LogP contribution in [0.3, 0.4) is 0 Å². The molecule has 0 spiro atoms. The van der Waals surface area contributed by atoms with Crippen LogP contribution >= 0.6 is 0 Å². The minimum absolute atomic E-state index is 0.186. The van der Waals surface area contributed by atoms with Crippen molar-refractivity contribution in [3.05, 3.63) is 72.9 Å². The third-order valence-electron chi connectivity index (χ3n) is 10.1. The molecule has 1 rings (SSSR count). The first-order chi connectivity index (χ1) is 28.8. The Labute approximate surface area is 357 Å². The SMILES string of the molecule is CCCCC/C=C/C/C=C/C/C=C/C/C=C/CCCCCC(=O)O[C@H](COC(=O)CCCCCCC/C=C/C/C=C/CCCCC)CO[C@@H]1O[C@H](CO)[C@H](O)C(O)C1O. The number of allylic oxidation sites excluding steroid dienone is 12.